The minimum Gasteiger partial charge on any atom is -0.446 e. The summed E-state index contributed by atoms with van der Waals surface area (Å²) in [7, 11) is -4.00. The Morgan fingerprint density at radius 3 is 2.40 bits per heavy atom. The minimum absolute atomic E-state index is 0.343. The average Bonchev–Trinajstić information content (AvgIpc) is 2.29. The van der Waals surface area contributed by atoms with E-state index in [4.69, 9.17) is 10.5 Å². The number of anilines is 1. The van der Waals surface area contributed by atoms with Gasteiger partial charge >= 0.3 is 16.3 Å². The molecule has 0 heterocycles. The summed E-state index contributed by atoms with van der Waals surface area (Å²) in [4.78, 5) is 11.2. The molecule has 0 unspecified atom stereocenters. The molecular weight excluding hydrogens is 282 g/mol. The van der Waals surface area contributed by atoms with Crippen molar-refractivity contribution in [1.82, 2.24) is 4.72 Å². The Balaban J connectivity index is 2.64. The van der Waals surface area contributed by atoms with Crippen LogP contribution in [0.1, 0.15) is 19.4 Å². The van der Waals surface area contributed by atoms with Gasteiger partial charge in [0.1, 0.15) is 0 Å². The number of amides is 1. The van der Waals surface area contributed by atoms with E-state index in [1.807, 2.05) is 0 Å². The fraction of sp³-hybridized carbons (Fsp3) is 0.417. The number of rotatable bonds is 6. The molecular formula is C12H19N3O4S. The summed E-state index contributed by atoms with van der Waals surface area (Å²) in [5.41, 5.74) is 6.77. The van der Waals surface area contributed by atoms with Crippen molar-refractivity contribution in [3.63, 3.8) is 0 Å². The molecule has 8 heteroatoms. The van der Waals surface area contributed by atoms with Crippen LogP contribution in [0.2, 0.25) is 0 Å². The Kier molecular flexibility index (Phi) is 5.78. The smallest absolute Gasteiger partial charge is 0.422 e. The molecule has 0 aromatic heterocycles. The Morgan fingerprint density at radius 1 is 1.30 bits per heavy atom. The van der Waals surface area contributed by atoms with Gasteiger partial charge in [0.2, 0.25) is 0 Å². The number of hydrogen-bond acceptors (Lipinski definition) is 5. The van der Waals surface area contributed by atoms with Crippen LogP contribution in [0.15, 0.2) is 24.3 Å². The molecule has 7 nitrogen and oxygen atoms in total. The van der Waals surface area contributed by atoms with Crippen molar-refractivity contribution in [2.45, 2.75) is 26.4 Å². The van der Waals surface area contributed by atoms with Gasteiger partial charge in [-0.1, -0.05) is 12.1 Å². The van der Waals surface area contributed by atoms with Crippen LogP contribution in [-0.4, -0.2) is 27.2 Å². The third-order valence-corrected chi connectivity index (χ3v) is 3.14. The van der Waals surface area contributed by atoms with Gasteiger partial charge in [0.25, 0.3) is 0 Å². The number of nitrogens with two attached hydrogens (primary N) is 1. The second-order valence-electron chi connectivity index (χ2n) is 4.40. The first-order chi connectivity index (χ1) is 9.32. The largest absolute Gasteiger partial charge is 0.446 e. The molecule has 4 N–H and O–H groups in total. The van der Waals surface area contributed by atoms with Gasteiger partial charge in [-0.15, -0.1) is 0 Å². The van der Waals surface area contributed by atoms with Crippen LogP contribution < -0.4 is 15.2 Å². The van der Waals surface area contributed by atoms with Gasteiger partial charge in [-0.2, -0.15) is 8.42 Å². The van der Waals surface area contributed by atoms with E-state index in [9.17, 15) is 13.2 Å². The third kappa shape index (κ3) is 5.89. The molecule has 1 aromatic carbocycles. The van der Waals surface area contributed by atoms with Crippen LogP contribution in [0.4, 0.5) is 10.5 Å². The van der Waals surface area contributed by atoms with Crippen LogP contribution in [-0.2, 0) is 21.4 Å². The summed E-state index contributed by atoms with van der Waals surface area (Å²) in [6.07, 6.45) is -0.709. The van der Waals surface area contributed by atoms with Crippen LogP contribution >= 0.6 is 0 Å². The summed E-state index contributed by atoms with van der Waals surface area (Å²) >= 11 is 0. The van der Waals surface area contributed by atoms with E-state index in [1.165, 1.54) is 0 Å². The van der Waals surface area contributed by atoms with Crippen LogP contribution in [0.25, 0.3) is 0 Å². The van der Waals surface area contributed by atoms with Crippen molar-refractivity contribution in [3.05, 3.63) is 29.8 Å². The molecule has 0 radical (unpaired) electrons. The highest BCUT2D eigenvalue weighted by Gasteiger charge is 2.16. The zero-order chi connectivity index (χ0) is 15.2. The molecule has 20 heavy (non-hydrogen) atoms. The van der Waals surface area contributed by atoms with Gasteiger partial charge in [0.05, 0.1) is 11.8 Å². The molecule has 1 rings (SSSR count). The molecule has 0 atom stereocenters. The maximum atomic E-state index is 11.7. The molecule has 0 fully saturated rings. The first kappa shape index (κ1) is 16.3. The van der Waals surface area contributed by atoms with Gasteiger partial charge in [-0.3, -0.25) is 4.72 Å². The standard InChI is InChI=1S/C12H19N3O4S/c1-9(2)19-12(16)15-20(17,18)14-11-5-3-10(4-6-11)7-8-13/h3-6,9,14H,7-8,13H2,1-2H3,(H,15,16). The Bertz CT molecular complexity index is 540. The molecule has 0 aliphatic rings. The monoisotopic (exact) mass is 301 g/mol. The fourth-order valence-electron chi connectivity index (χ4n) is 1.43. The lowest BCUT2D eigenvalue weighted by atomic mass is 10.1. The zero-order valence-electron chi connectivity index (χ0n) is 11.4. The Morgan fingerprint density at radius 2 is 1.90 bits per heavy atom. The third-order valence-electron chi connectivity index (χ3n) is 2.20. The lowest BCUT2D eigenvalue weighted by molar-refractivity contribution is 0.121. The van der Waals surface area contributed by atoms with Gasteiger partial charge in [-0.25, -0.2) is 9.52 Å². The molecule has 0 spiro atoms. The van der Waals surface area contributed by atoms with Crippen LogP contribution in [0.5, 0.6) is 0 Å². The van der Waals surface area contributed by atoms with Gasteiger partial charge in [0, 0.05) is 0 Å². The van der Waals surface area contributed by atoms with Crippen molar-refractivity contribution in [1.29, 1.82) is 0 Å². The van der Waals surface area contributed by atoms with E-state index in [0.717, 1.165) is 5.56 Å². The first-order valence-electron chi connectivity index (χ1n) is 6.12. The number of carbonyl (C=O) groups is 1. The van der Waals surface area contributed by atoms with Crippen molar-refractivity contribution in [2.75, 3.05) is 11.3 Å². The molecule has 0 saturated carbocycles. The van der Waals surface area contributed by atoms with E-state index < -0.39 is 22.4 Å². The normalized spacial score (nSPS) is 11.2. The molecule has 112 valence electrons. The van der Waals surface area contributed by atoms with E-state index in [1.54, 1.807) is 42.8 Å². The topological polar surface area (TPSA) is 111 Å². The highest BCUT2D eigenvalue weighted by molar-refractivity contribution is 7.91. The molecule has 0 bridgehead atoms. The summed E-state index contributed by atoms with van der Waals surface area (Å²) in [6, 6.07) is 6.71. The zero-order valence-corrected chi connectivity index (χ0v) is 12.2. The number of benzene rings is 1. The summed E-state index contributed by atoms with van der Waals surface area (Å²) in [6.45, 7) is 3.76. The van der Waals surface area contributed by atoms with Crippen molar-refractivity contribution in [3.8, 4) is 0 Å². The molecule has 0 saturated heterocycles. The first-order valence-corrected chi connectivity index (χ1v) is 7.61. The highest BCUT2D eigenvalue weighted by atomic mass is 32.2. The van der Waals surface area contributed by atoms with Crippen LogP contribution in [0.3, 0.4) is 0 Å². The van der Waals surface area contributed by atoms with Gasteiger partial charge in [-0.05, 0) is 44.5 Å². The van der Waals surface area contributed by atoms with Crippen molar-refractivity contribution in [2.24, 2.45) is 5.73 Å². The molecule has 0 aliphatic carbocycles. The summed E-state index contributed by atoms with van der Waals surface area (Å²) in [5, 5.41) is 0. The maximum Gasteiger partial charge on any atom is 0.422 e. The van der Waals surface area contributed by atoms with E-state index in [-0.39, 0.29) is 0 Å². The second kappa shape index (κ2) is 7.11. The highest BCUT2D eigenvalue weighted by Crippen LogP contribution is 2.11. The SMILES string of the molecule is CC(C)OC(=O)NS(=O)(=O)Nc1ccc(CCN)cc1. The maximum absolute atomic E-state index is 11.7. The number of hydrogen-bond donors (Lipinski definition) is 3. The number of nitrogens with one attached hydrogen (secondary N) is 2. The predicted molar refractivity (Wildman–Crippen MR) is 76.5 cm³/mol. The molecule has 1 aromatic rings. The van der Waals surface area contributed by atoms with E-state index >= 15 is 0 Å². The number of ether oxygens (including phenoxy) is 1. The molecule has 1 amide bonds. The predicted octanol–water partition coefficient (Wildman–Crippen LogP) is 0.979. The van der Waals surface area contributed by atoms with Gasteiger partial charge < -0.3 is 10.5 Å². The molecule has 0 aliphatic heterocycles. The quantitative estimate of drug-likeness (QED) is 0.725. The average molecular weight is 301 g/mol. The Hall–Kier alpha value is -1.80. The van der Waals surface area contributed by atoms with Crippen LogP contribution in [0, 0.1) is 0 Å². The minimum atomic E-state index is -4.00. The fourth-order valence-corrected chi connectivity index (χ4v) is 2.20. The second-order valence-corrected chi connectivity index (χ2v) is 5.81. The number of carbonyl (C=O) groups excluding carboxylic acids is 1. The van der Waals surface area contributed by atoms with Crippen molar-refractivity contribution < 1.29 is 17.9 Å². The lowest BCUT2D eigenvalue weighted by Gasteiger charge is -2.11. The summed E-state index contributed by atoms with van der Waals surface area (Å²) < 4.78 is 32.0. The summed E-state index contributed by atoms with van der Waals surface area (Å²) in [5.74, 6) is 0. The Labute approximate surface area is 118 Å². The van der Waals surface area contributed by atoms with E-state index in [2.05, 4.69) is 4.72 Å². The van der Waals surface area contributed by atoms with Crippen molar-refractivity contribution >= 4 is 22.0 Å². The lowest BCUT2D eigenvalue weighted by Crippen LogP contribution is -2.36. The van der Waals surface area contributed by atoms with Gasteiger partial charge in [0.15, 0.2) is 0 Å². The van der Waals surface area contributed by atoms with E-state index in [0.29, 0.717) is 18.7 Å².